The lowest BCUT2D eigenvalue weighted by molar-refractivity contribution is -0.0588. The van der Waals surface area contributed by atoms with Crippen molar-refractivity contribution in [3.05, 3.63) is 54.1 Å². The van der Waals surface area contributed by atoms with Crippen LogP contribution in [0.15, 0.2) is 53.5 Å². The smallest absolute Gasteiger partial charge is 0.264 e. The second-order valence-corrected chi connectivity index (χ2v) is 35.7. The van der Waals surface area contributed by atoms with Gasteiger partial charge in [-0.05, 0) is 110 Å². The largest absolute Gasteiger partial charge is 0.414 e. The Kier molecular flexibility index (Phi) is 20.8. The molecule has 1 aromatic rings. The number of methoxy groups -OCH3 is 1. The molecule has 3 aliphatic heterocycles. The first kappa shape index (κ1) is 58.2. The maximum atomic E-state index is 14.3. The van der Waals surface area contributed by atoms with Crippen LogP contribution in [0.5, 0.6) is 0 Å². The van der Waals surface area contributed by atoms with Gasteiger partial charge in [-0.15, -0.1) is 0 Å². The second kappa shape index (κ2) is 23.9. The number of aryl methyl sites for hydroxylation is 1. The predicted molar refractivity (Wildman–Crippen MR) is 270 cm³/mol. The molecule has 0 amide bonds. The van der Waals surface area contributed by atoms with E-state index in [1.165, 1.54) is 0 Å². The molecule has 0 radical (unpaired) electrons. The van der Waals surface area contributed by atoms with Crippen LogP contribution in [0.4, 0.5) is 0 Å². The molecule has 0 spiro atoms. The van der Waals surface area contributed by atoms with Gasteiger partial charge < -0.3 is 37.6 Å². The summed E-state index contributed by atoms with van der Waals surface area (Å²) in [4.78, 5) is 0.217. The summed E-state index contributed by atoms with van der Waals surface area (Å²) in [6.07, 6.45) is 1.04. The molecule has 17 heteroatoms. The van der Waals surface area contributed by atoms with E-state index in [1.54, 1.807) is 19.2 Å². The van der Waals surface area contributed by atoms with E-state index >= 15 is 0 Å². The van der Waals surface area contributed by atoms with Crippen LogP contribution in [-0.2, 0) is 63.1 Å². The van der Waals surface area contributed by atoms with Crippen molar-refractivity contribution < 1.29 is 58.7 Å². The fourth-order valence-electron chi connectivity index (χ4n) is 8.82. The molecule has 13 nitrogen and oxygen atoms in total. The van der Waals surface area contributed by atoms with Crippen LogP contribution >= 0.6 is 0 Å². The molecule has 3 saturated heterocycles. The van der Waals surface area contributed by atoms with E-state index in [4.69, 9.17) is 36.7 Å². The maximum Gasteiger partial charge on any atom is 0.264 e. The first-order valence-corrected chi connectivity index (χ1v) is 33.8. The van der Waals surface area contributed by atoms with Crippen molar-refractivity contribution in [2.24, 2.45) is 11.8 Å². The topological polar surface area (TPSA) is 162 Å². The summed E-state index contributed by atoms with van der Waals surface area (Å²) in [6.45, 7) is 36.1. The van der Waals surface area contributed by atoms with Gasteiger partial charge in [-0.3, -0.25) is 4.18 Å². The molecule has 10 atom stereocenters. The Morgan fingerprint density at radius 1 is 0.881 bits per heavy atom. The van der Waals surface area contributed by atoms with Gasteiger partial charge in [0.05, 0.1) is 85.6 Å². The molecule has 1 N–H and O–H groups in total. The van der Waals surface area contributed by atoms with E-state index in [0.717, 1.165) is 36.7 Å². The van der Waals surface area contributed by atoms with Gasteiger partial charge in [0.15, 0.2) is 32.8 Å². The van der Waals surface area contributed by atoms with E-state index in [0.29, 0.717) is 51.1 Å². The minimum Gasteiger partial charge on any atom is -0.414 e. The molecule has 386 valence electrons. The van der Waals surface area contributed by atoms with Crippen molar-refractivity contribution >= 4 is 36.6 Å². The fraction of sp³-hybridized carbons (Fsp3) is 0.800. The van der Waals surface area contributed by atoms with E-state index in [1.807, 2.05) is 26.0 Å². The summed E-state index contributed by atoms with van der Waals surface area (Å²) in [5.41, 5.74) is 2.47. The third-order valence-corrected chi connectivity index (χ3v) is 26.6. The van der Waals surface area contributed by atoms with Gasteiger partial charge in [0.25, 0.3) is 10.1 Å². The molecule has 0 aliphatic carbocycles. The average Bonchev–Trinajstić information content (AvgIpc) is 3.95. The average molecular weight is 1020 g/mol. The van der Waals surface area contributed by atoms with Crippen molar-refractivity contribution in [2.75, 3.05) is 38.9 Å². The van der Waals surface area contributed by atoms with Crippen LogP contribution in [0, 0.1) is 11.8 Å². The number of hydrogen-bond acceptors (Lipinski definition) is 13. The number of ether oxygens (including phenoxy) is 5. The minimum atomic E-state index is -3.83. The molecule has 3 fully saturated rings. The summed E-state index contributed by atoms with van der Waals surface area (Å²) >= 11 is 0. The van der Waals surface area contributed by atoms with Gasteiger partial charge in [0, 0.05) is 32.3 Å². The highest BCUT2D eigenvalue weighted by Crippen LogP contribution is 2.43. The van der Waals surface area contributed by atoms with Crippen LogP contribution in [0.2, 0.25) is 36.3 Å². The quantitative estimate of drug-likeness (QED) is 0.0531. The number of rotatable bonds is 26. The number of hydrogen-bond donors (Lipinski definition) is 1. The normalized spacial score (nSPS) is 25.7. The van der Waals surface area contributed by atoms with E-state index < -0.39 is 73.0 Å². The summed E-state index contributed by atoms with van der Waals surface area (Å²) in [6, 6.07) is 6.99. The Bertz CT molecular complexity index is 1970. The van der Waals surface area contributed by atoms with Crippen molar-refractivity contribution in [1.29, 1.82) is 0 Å². The predicted octanol–water partition coefficient (Wildman–Crippen LogP) is 9.55. The van der Waals surface area contributed by atoms with Gasteiger partial charge in [-0.25, -0.2) is 8.42 Å². The van der Waals surface area contributed by atoms with E-state index in [2.05, 4.69) is 80.9 Å². The molecule has 1 aromatic carbocycles. The van der Waals surface area contributed by atoms with Gasteiger partial charge in [0.2, 0.25) is 0 Å². The summed E-state index contributed by atoms with van der Waals surface area (Å²) in [7, 11) is -10.6. The zero-order valence-electron chi connectivity index (χ0n) is 43.4. The highest BCUT2D eigenvalue weighted by Gasteiger charge is 2.50. The van der Waals surface area contributed by atoms with Crippen molar-refractivity contribution in [3.63, 3.8) is 0 Å². The monoisotopic (exact) mass is 1020 g/mol. The minimum absolute atomic E-state index is 0.0184. The van der Waals surface area contributed by atoms with E-state index in [9.17, 15) is 21.9 Å². The summed E-state index contributed by atoms with van der Waals surface area (Å²) in [5.74, 6) is -1.29. The van der Waals surface area contributed by atoms with Crippen LogP contribution < -0.4 is 0 Å². The van der Waals surface area contributed by atoms with Crippen LogP contribution in [0.1, 0.15) is 112 Å². The van der Waals surface area contributed by atoms with Crippen molar-refractivity contribution in [2.45, 2.75) is 209 Å². The van der Waals surface area contributed by atoms with Crippen LogP contribution in [0.25, 0.3) is 0 Å². The van der Waals surface area contributed by atoms with Gasteiger partial charge >= 0.3 is 0 Å². The second-order valence-electron chi connectivity index (χ2n) is 22.5. The number of sulfone groups is 1. The zero-order chi connectivity index (χ0) is 50.3. The fourth-order valence-corrected chi connectivity index (χ4v) is 13.5. The molecule has 0 saturated carbocycles. The summed E-state index contributed by atoms with van der Waals surface area (Å²) in [5, 5.41) is 11.9. The Morgan fingerprint density at radius 3 is 2.04 bits per heavy atom. The molecular weight excluding hydrogens is 929 g/mol. The standard InChI is InChI=1S/C50H88O13S2Si2/c1-17-37-18-22-41(23-19-37)65(54,55)33-42-45(61-46(48(42)56-11)30-40(63-67(15,16)50(8,9)10)32-59-66(13,14)49(5,6)7)31-43(51)36(4)34(2)28-39(62-64(12,52)53)20-24-44-35(3)29-38(60-44)21-25-47-57-26-27-58-47/h18-19,22-23,34,38-40,42-48,51H,3-4,17,20-21,24-33H2,1-2,5-16H3/t34-,38+,39-,40?,42+,43-,44+,45+,46-,48-/m1/s1. The Morgan fingerprint density at radius 2 is 1.49 bits per heavy atom. The van der Waals surface area contributed by atoms with Crippen LogP contribution in [-0.4, -0.2) is 133 Å². The number of aliphatic hydroxyl groups is 1. The number of aliphatic hydroxyl groups excluding tert-OH is 1. The molecule has 3 heterocycles. The highest BCUT2D eigenvalue weighted by molar-refractivity contribution is 7.91. The lowest BCUT2D eigenvalue weighted by Crippen LogP contribution is -2.49. The third kappa shape index (κ3) is 16.9. The first-order chi connectivity index (χ1) is 30.9. The lowest BCUT2D eigenvalue weighted by atomic mass is 9.86. The molecule has 4 rings (SSSR count). The Balaban J connectivity index is 1.55. The highest BCUT2D eigenvalue weighted by atomic mass is 32.2. The number of benzene rings is 1. The third-order valence-electron chi connectivity index (χ3n) is 15.1. The lowest BCUT2D eigenvalue weighted by Gasteiger charge is -2.42. The Hall–Kier alpha value is -1.33. The van der Waals surface area contributed by atoms with Gasteiger partial charge in [-0.2, -0.15) is 8.42 Å². The maximum absolute atomic E-state index is 14.3. The zero-order valence-corrected chi connectivity index (χ0v) is 47.1. The van der Waals surface area contributed by atoms with Gasteiger partial charge in [-0.1, -0.05) is 80.7 Å². The molecule has 3 aliphatic rings. The van der Waals surface area contributed by atoms with Gasteiger partial charge in [0.1, 0.15) is 0 Å². The molecule has 1 unspecified atom stereocenters. The molecule has 0 aromatic heterocycles. The van der Waals surface area contributed by atoms with Crippen LogP contribution in [0.3, 0.4) is 0 Å². The Labute approximate surface area is 407 Å². The van der Waals surface area contributed by atoms with Crippen molar-refractivity contribution in [1.82, 2.24) is 0 Å². The first-order valence-electron chi connectivity index (χ1n) is 24.5. The van der Waals surface area contributed by atoms with E-state index in [-0.39, 0.29) is 64.1 Å². The molecule has 0 bridgehead atoms. The molecular formula is C50H88O13S2Si2. The van der Waals surface area contributed by atoms with Crippen molar-refractivity contribution in [3.8, 4) is 0 Å². The molecule has 67 heavy (non-hydrogen) atoms. The summed E-state index contributed by atoms with van der Waals surface area (Å²) < 4.78 is 104. The SMILES string of the molecule is C=C([C@H](C)C[C@@H](CC[C@@H]1O[C@@H](CCC2OCCO2)CC1=C)OS(C)(=O)=O)[C@H](O)C[C@@H]1O[C@H](CC(CO[Si](C)(C)C(C)(C)C)O[Si](C)(C)C(C)(C)C)[C@H](OC)[C@H]1CS(=O)(=O)c1ccc(CC)cc1.